The Kier molecular flexibility index (Phi) is 8.01. The summed E-state index contributed by atoms with van der Waals surface area (Å²) in [5.41, 5.74) is 14.9. The molecule has 0 N–H and O–H groups in total. The van der Waals surface area contributed by atoms with Gasteiger partial charge in [-0.1, -0.05) is 158 Å². The Morgan fingerprint density at radius 3 is 1.73 bits per heavy atom. The standard InChI is InChI=1S/C60H43N3/c1-61-59(40-18-6-3-7-19-40)36-43(39-16-4-2-5-17-39)37-60(61)63-56-27-15-13-25-51(56)54-35-42(29-33-58(54)63)41-28-32-57-53(34-41)50-24-12-14-26-55(50)62(57)44-30-31-49-47-22-9-8-20-45(47)46-21-10-11-23-48(46)52(49)38-44/h2-13,15-25,27-38,60H,14,26H2,1H3. The number of para-hydroxylation sites is 1. The second-order valence-electron chi connectivity index (χ2n) is 17.2. The smallest absolute Gasteiger partial charge is 0.126 e. The van der Waals surface area contributed by atoms with E-state index in [0.29, 0.717) is 0 Å². The van der Waals surface area contributed by atoms with Crippen molar-refractivity contribution in [3.63, 3.8) is 0 Å². The maximum atomic E-state index is 2.54. The minimum absolute atomic E-state index is 0.0464. The van der Waals surface area contributed by atoms with Gasteiger partial charge >= 0.3 is 0 Å². The topological polar surface area (TPSA) is 13.1 Å². The van der Waals surface area contributed by atoms with E-state index in [2.05, 4.69) is 233 Å². The molecule has 11 aromatic rings. The van der Waals surface area contributed by atoms with E-state index in [4.69, 9.17) is 0 Å². The van der Waals surface area contributed by atoms with Gasteiger partial charge < -0.3 is 14.0 Å². The van der Waals surface area contributed by atoms with Crippen molar-refractivity contribution in [2.75, 3.05) is 7.05 Å². The fourth-order valence-corrected chi connectivity index (χ4v) is 10.9. The Morgan fingerprint density at radius 2 is 1.02 bits per heavy atom. The van der Waals surface area contributed by atoms with Gasteiger partial charge in [-0.3, -0.25) is 0 Å². The highest BCUT2D eigenvalue weighted by molar-refractivity contribution is 6.25. The molecule has 298 valence electrons. The van der Waals surface area contributed by atoms with Crippen molar-refractivity contribution in [1.82, 2.24) is 14.0 Å². The number of nitrogens with zero attached hydrogens (tertiary/aromatic N) is 3. The summed E-state index contributed by atoms with van der Waals surface area (Å²) in [5, 5.41) is 11.6. The second-order valence-corrected chi connectivity index (χ2v) is 17.2. The van der Waals surface area contributed by atoms with E-state index in [1.54, 1.807) is 0 Å². The third kappa shape index (κ3) is 5.53. The van der Waals surface area contributed by atoms with Crippen molar-refractivity contribution < 1.29 is 0 Å². The average Bonchev–Trinajstić information content (AvgIpc) is 3.86. The molecule has 0 amide bonds. The number of hydrogen-bond acceptors (Lipinski definition) is 1. The molecule has 0 bridgehead atoms. The minimum atomic E-state index is -0.0464. The number of fused-ring (bicyclic) bond motifs is 12. The van der Waals surface area contributed by atoms with Crippen LogP contribution in [0.2, 0.25) is 0 Å². The molecule has 2 aromatic heterocycles. The summed E-state index contributed by atoms with van der Waals surface area (Å²) in [6, 6.07) is 69.6. The van der Waals surface area contributed by atoms with E-state index in [-0.39, 0.29) is 6.17 Å². The fourth-order valence-electron chi connectivity index (χ4n) is 10.9. The highest BCUT2D eigenvalue weighted by Crippen LogP contribution is 2.44. The van der Waals surface area contributed by atoms with E-state index in [1.807, 2.05) is 0 Å². The van der Waals surface area contributed by atoms with Gasteiger partial charge in [0.25, 0.3) is 0 Å². The van der Waals surface area contributed by atoms with Gasteiger partial charge in [-0.25, -0.2) is 0 Å². The molecule has 0 saturated carbocycles. The lowest BCUT2D eigenvalue weighted by Crippen LogP contribution is -2.29. The van der Waals surface area contributed by atoms with Crippen molar-refractivity contribution in [2.45, 2.75) is 19.0 Å². The first-order valence-electron chi connectivity index (χ1n) is 22.2. The predicted molar refractivity (Wildman–Crippen MR) is 267 cm³/mol. The van der Waals surface area contributed by atoms with E-state index >= 15 is 0 Å². The van der Waals surface area contributed by atoms with E-state index < -0.39 is 0 Å². The molecule has 1 atom stereocenters. The van der Waals surface area contributed by atoms with Crippen LogP contribution in [0.15, 0.2) is 206 Å². The minimum Gasteiger partial charge on any atom is -0.350 e. The molecule has 3 heterocycles. The monoisotopic (exact) mass is 805 g/mol. The van der Waals surface area contributed by atoms with Crippen molar-refractivity contribution in [1.29, 1.82) is 0 Å². The van der Waals surface area contributed by atoms with Gasteiger partial charge in [-0.15, -0.1) is 0 Å². The zero-order chi connectivity index (χ0) is 41.6. The molecule has 13 rings (SSSR count). The van der Waals surface area contributed by atoms with E-state index in [0.717, 1.165) is 12.8 Å². The quantitative estimate of drug-likeness (QED) is 0.158. The highest BCUT2D eigenvalue weighted by Gasteiger charge is 2.27. The normalized spacial score (nSPS) is 15.2. The fraction of sp³-hybridized carbons (Fsp3) is 0.0667. The van der Waals surface area contributed by atoms with Crippen LogP contribution in [0.4, 0.5) is 0 Å². The Morgan fingerprint density at radius 1 is 0.444 bits per heavy atom. The molecular formula is C60H43N3. The van der Waals surface area contributed by atoms with E-state index in [9.17, 15) is 0 Å². The summed E-state index contributed by atoms with van der Waals surface area (Å²) in [6.07, 6.45) is 11.5. The van der Waals surface area contributed by atoms with Crippen LogP contribution in [-0.4, -0.2) is 21.1 Å². The van der Waals surface area contributed by atoms with Gasteiger partial charge in [0.05, 0.1) is 16.6 Å². The molecule has 0 radical (unpaired) electrons. The number of likely N-dealkylation sites (N-methyl/N-ethyl adjacent to an activating group) is 1. The van der Waals surface area contributed by atoms with Crippen LogP contribution in [0.3, 0.4) is 0 Å². The molecule has 0 saturated heterocycles. The SMILES string of the molecule is CN1C(c2ccccc2)=CC(c2ccccc2)=CC1n1c2ccccc2c2cc(-c3ccc4c(c3)c3c(n4-c4ccc5c6ccccc6c6ccccc6c5c4)CCC=C3)ccc21. The number of allylic oxidation sites excluding steroid dienone is 3. The predicted octanol–water partition coefficient (Wildman–Crippen LogP) is 15.4. The molecule has 0 spiro atoms. The van der Waals surface area contributed by atoms with Crippen molar-refractivity contribution >= 4 is 82.4 Å². The van der Waals surface area contributed by atoms with Crippen LogP contribution in [0.1, 0.15) is 35.0 Å². The van der Waals surface area contributed by atoms with Gasteiger partial charge in [-0.2, -0.15) is 0 Å². The van der Waals surface area contributed by atoms with Crippen LogP contribution in [0.25, 0.3) is 99.2 Å². The Hall–Kier alpha value is -7.88. The summed E-state index contributed by atoms with van der Waals surface area (Å²) >= 11 is 0. The molecule has 0 fully saturated rings. The second kappa shape index (κ2) is 14.1. The third-order valence-electron chi connectivity index (χ3n) is 13.8. The lowest BCUT2D eigenvalue weighted by atomic mass is 9.94. The molecule has 3 nitrogen and oxygen atoms in total. The molecule has 2 aliphatic rings. The van der Waals surface area contributed by atoms with Crippen molar-refractivity contribution in [3.8, 4) is 16.8 Å². The van der Waals surface area contributed by atoms with Gasteiger partial charge in [0.2, 0.25) is 0 Å². The molecule has 9 aromatic carbocycles. The number of hydrogen-bond donors (Lipinski definition) is 0. The van der Waals surface area contributed by atoms with Crippen molar-refractivity contribution in [3.05, 3.63) is 229 Å². The zero-order valence-corrected chi connectivity index (χ0v) is 35.0. The Balaban J connectivity index is 0.958. The summed E-state index contributed by atoms with van der Waals surface area (Å²) in [5.74, 6) is 0. The van der Waals surface area contributed by atoms with Crippen LogP contribution in [0, 0.1) is 0 Å². The zero-order valence-electron chi connectivity index (χ0n) is 35.0. The van der Waals surface area contributed by atoms with Crippen LogP contribution in [-0.2, 0) is 6.42 Å². The maximum Gasteiger partial charge on any atom is 0.126 e. The van der Waals surface area contributed by atoms with Gasteiger partial charge in [0.15, 0.2) is 0 Å². The largest absolute Gasteiger partial charge is 0.350 e. The van der Waals surface area contributed by atoms with Gasteiger partial charge in [0.1, 0.15) is 6.17 Å². The number of benzene rings is 9. The first-order chi connectivity index (χ1) is 31.2. The maximum absolute atomic E-state index is 2.54. The highest BCUT2D eigenvalue weighted by atomic mass is 15.3. The molecule has 3 heteroatoms. The first-order valence-corrected chi connectivity index (χ1v) is 22.2. The van der Waals surface area contributed by atoms with Crippen LogP contribution >= 0.6 is 0 Å². The molecule has 1 unspecified atom stereocenters. The number of aromatic nitrogens is 2. The Bertz CT molecular complexity index is 3710. The molecule has 1 aliphatic heterocycles. The molecule has 63 heavy (non-hydrogen) atoms. The van der Waals surface area contributed by atoms with E-state index in [1.165, 1.54) is 115 Å². The third-order valence-corrected chi connectivity index (χ3v) is 13.8. The lowest BCUT2D eigenvalue weighted by molar-refractivity contribution is 0.332. The van der Waals surface area contributed by atoms with Crippen LogP contribution in [0.5, 0.6) is 0 Å². The van der Waals surface area contributed by atoms with Gasteiger partial charge in [0, 0.05) is 45.8 Å². The molecule has 1 aliphatic carbocycles. The number of rotatable bonds is 5. The van der Waals surface area contributed by atoms with Gasteiger partial charge in [-0.05, 0) is 128 Å². The first kappa shape index (κ1) is 35.8. The molecular weight excluding hydrogens is 763 g/mol. The summed E-state index contributed by atoms with van der Waals surface area (Å²) < 4.78 is 5.07. The van der Waals surface area contributed by atoms with Crippen LogP contribution < -0.4 is 0 Å². The summed E-state index contributed by atoms with van der Waals surface area (Å²) in [6.45, 7) is 0. The Labute approximate surface area is 366 Å². The van der Waals surface area contributed by atoms with Crippen molar-refractivity contribution in [2.24, 2.45) is 0 Å². The average molecular weight is 806 g/mol. The lowest BCUT2D eigenvalue weighted by Gasteiger charge is -2.36. The summed E-state index contributed by atoms with van der Waals surface area (Å²) in [4.78, 5) is 2.43. The summed E-state index contributed by atoms with van der Waals surface area (Å²) in [7, 11) is 2.23.